The number of hydrogen-bond donors (Lipinski definition) is 0. The van der Waals surface area contributed by atoms with E-state index in [0.717, 1.165) is 0 Å². The van der Waals surface area contributed by atoms with Crippen LogP contribution in [0.5, 0.6) is 23.0 Å². The SMILES string of the molecule is COc1cc(OC)c(C(=O)Cl)c(SSc2cc(OC)cc(OC)c2C(=O)Cl)c1. The summed E-state index contributed by atoms with van der Waals surface area (Å²) in [6.07, 6.45) is 0. The first-order chi connectivity index (χ1) is 13.4. The molecule has 0 fully saturated rings. The van der Waals surface area contributed by atoms with Crippen molar-refractivity contribution < 1.29 is 28.5 Å². The number of rotatable bonds is 9. The Morgan fingerprint density at radius 2 is 1.04 bits per heavy atom. The summed E-state index contributed by atoms with van der Waals surface area (Å²) in [6.45, 7) is 0. The first kappa shape index (κ1) is 22.5. The largest absolute Gasteiger partial charge is 0.497 e. The maximum atomic E-state index is 11.9. The minimum Gasteiger partial charge on any atom is -0.497 e. The molecule has 0 aromatic heterocycles. The predicted octanol–water partition coefficient (Wildman–Crippen LogP) is 5.28. The summed E-state index contributed by atoms with van der Waals surface area (Å²) >= 11 is 11.5. The average Bonchev–Trinajstić information content (AvgIpc) is 2.69. The van der Waals surface area contributed by atoms with E-state index in [0.29, 0.717) is 21.3 Å². The number of carbonyl (C=O) groups is 2. The Hall–Kier alpha value is -1.74. The van der Waals surface area contributed by atoms with Gasteiger partial charge in [0.2, 0.25) is 0 Å². The van der Waals surface area contributed by atoms with E-state index in [9.17, 15) is 9.59 Å². The number of benzene rings is 2. The van der Waals surface area contributed by atoms with Crippen molar-refractivity contribution in [2.45, 2.75) is 9.79 Å². The number of methoxy groups -OCH3 is 4. The van der Waals surface area contributed by atoms with E-state index in [1.54, 1.807) is 24.3 Å². The molecule has 2 aromatic rings. The van der Waals surface area contributed by atoms with Crippen LogP contribution >= 0.6 is 44.8 Å². The zero-order valence-electron chi connectivity index (χ0n) is 15.3. The minimum atomic E-state index is -0.681. The van der Waals surface area contributed by atoms with Gasteiger partial charge in [0.05, 0.1) is 39.6 Å². The molecule has 0 atom stereocenters. The average molecular weight is 463 g/mol. The normalized spacial score (nSPS) is 10.4. The zero-order valence-corrected chi connectivity index (χ0v) is 18.5. The lowest BCUT2D eigenvalue weighted by Gasteiger charge is -2.15. The lowest BCUT2D eigenvalue weighted by atomic mass is 10.2. The number of carbonyl (C=O) groups excluding carboxylic acids is 2. The number of halogens is 2. The molecule has 28 heavy (non-hydrogen) atoms. The third-order valence-electron chi connectivity index (χ3n) is 3.60. The van der Waals surface area contributed by atoms with Crippen LogP contribution in [0.3, 0.4) is 0 Å². The molecule has 2 rings (SSSR count). The Morgan fingerprint density at radius 1 is 0.679 bits per heavy atom. The lowest BCUT2D eigenvalue weighted by Crippen LogP contribution is -2.00. The maximum absolute atomic E-state index is 11.9. The summed E-state index contributed by atoms with van der Waals surface area (Å²) in [5.41, 5.74) is 0.382. The van der Waals surface area contributed by atoms with Crippen LogP contribution in [0, 0.1) is 0 Å². The quantitative estimate of drug-likeness (QED) is 0.368. The fourth-order valence-electron chi connectivity index (χ4n) is 2.30. The van der Waals surface area contributed by atoms with Gasteiger partial charge in [0.15, 0.2) is 0 Å². The van der Waals surface area contributed by atoms with Crippen LogP contribution in [-0.4, -0.2) is 38.9 Å². The number of ether oxygens (including phenoxy) is 4. The first-order valence-corrected chi connectivity index (χ1v) is 10.5. The van der Waals surface area contributed by atoms with Crippen molar-refractivity contribution in [3.63, 3.8) is 0 Å². The maximum Gasteiger partial charge on any atom is 0.257 e. The Morgan fingerprint density at radius 3 is 1.29 bits per heavy atom. The molecule has 0 unspecified atom stereocenters. The summed E-state index contributed by atoms with van der Waals surface area (Å²) in [7, 11) is 8.22. The Labute approximate surface area is 180 Å². The summed E-state index contributed by atoms with van der Waals surface area (Å²) in [6, 6.07) is 6.42. The van der Waals surface area contributed by atoms with E-state index in [4.69, 9.17) is 42.1 Å². The van der Waals surface area contributed by atoms with E-state index in [1.807, 2.05) is 0 Å². The molecule has 6 nitrogen and oxygen atoms in total. The van der Waals surface area contributed by atoms with Gasteiger partial charge < -0.3 is 18.9 Å². The fourth-order valence-corrected chi connectivity index (χ4v) is 5.19. The van der Waals surface area contributed by atoms with Gasteiger partial charge in [-0.05, 0) is 35.3 Å². The van der Waals surface area contributed by atoms with Gasteiger partial charge >= 0.3 is 0 Å². The molecule has 0 spiro atoms. The molecular weight excluding hydrogens is 447 g/mol. The molecule has 0 N–H and O–H groups in total. The Balaban J connectivity index is 2.51. The number of hydrogen-bond acceptors (Lipinski definition) is 8. The van der Waals surface area contributed by atoms with Crippen molar-refractivity contribution in [2.75, 3.05) is 28.4 Å². The molecule has 0 amide bonds. The molecule has 0 aliphatic rings. The molecule has 0 aliphatic heterocycles. The van der Waals surface area contributed by atoms with E-state index in [-0.39, 0.29) is 22.6 Å². The second-order valence-corrected chi connectivity index (χ2v) is 8.02. The summed E-state index contributed by atoms with van der Waals surface area (Å²) in [4.78, 5) is 24.9. The predicted molar refractivity (Wildman–Crippen MR) is 111 cm³/mol. The molecular formula is C18H16Cl2O6S2. The molecule has 0 radical (unpaired) electrons. The highest BCUT2D eigenvalue weighted by atomic mass is 35.5. The lowest BCUT2D eigenvalue weighted by molar-refractivity contribution is 0.106. The zero-order chi connectivity index (χ0) is 20.8. The highest BCUT2D eigenvalue weighted by molar-refractivity contribution is 8.76. The van der Waals surface area contributed by atoms with Gasteiger partial charge in [-0.15, -0.1) is 0 Å². The van der Waals surface area contributed by atoms with Gasteiger partial charge in [-0.1, -0.05) is 21.6 Å². The van der Waals surface area contributed by atoms with Crippen molar-refractivity contribution in [1.82, 2.24) is 0 Å². The second-order valence-electron chi connectivity index (χ2n) is 5.12. The standard InChI is InChI=1S/C18H16Cl2O6S2/c1-23-9-5-11(25-3)15(17(19)21)13(7-9)27-28-14-8-10(24-2)6-12(26-4)16(14)18(20)22/h5-8H,1-4H3. The van der Waals surface area contributed by atoms with Gasteiger partial charge in [-0.3, -0.25) is 9.59 Å². The molecule has 150 valence electrons. The van der Waals surface area contributed by atoms with E-state index < -0.39 is 10.5 Å². The third kappa shape index (κ3) is 5.00. The van der Waals surface area contributed by atoms with E-state index in [1.165, 1.54) is 50.0 Å². The highest BCUT2D eigenvalue weighted by Gasteiger charge is 2.22. The van der Waals surface area contributed by atoms with Crippen LogP contribution in [0.1, 0.15) is 20.7 Å². The summed E-state index contributed by atoms with van der Waals surface area (Å²) in [5.74, 6) is 1.52. The van der Waals surface area contributed by atoms with Gasteiger partial charge in [-0.2, -0.15) is 0 Å². The van der Waals surface area contributed by atoms with E-state index >= 15 is 0 Å². The molecule has 10 heteroatoms. The summed E-state index contributed by atoms with van der Waals surface area (Å²) < 4.78 is 21.0. The fraction of sp³-hybridized carbons (Fsp3) is 0.222. The van der Waals surface area contributed by atoms with Gasteiger partial charge in [0.1, 0.15) is 23.0 Å². The van der Waals surface area contributed by atoms with Crippen LogP contribution in [-0.2, 0) is 0 Å². The molecule has 0 bridgehead atoms. The van der Waals surface area contributed by atoms with Crippen molar-refractivity contribution in [3.8, 4) is 23.0 Å². The van der Waals surface area contributed by atoms with Crippen LogP contribution in [0.2, 0.25) is 0 Å². The van der Waals surface area contributed by atoms with Crippen LogP contribution in [0.4, 0.5) is 0 Å². The first-order valence-electron chi connectivity index (χ1n) is 7.62. The molecule has 2 aromatic carbocycles. The van der Waals surface area contributed by atoms with Crippen LogP contribution in [0.25, 0.3) is 0 Å². The molecule has 0 saturated carbocycles. The molecule has 0 aliphatic carbocycles. The monoisotopic (exact) mass is 462 g/mol. The molecule has 0 heterocycles. The summed E-state index contributed by atoms with van der Waals surface area (Å²) in [5, 5.41) is -1.36. The van der Waals surface area contributed by atoms with E-state index in [2.05, 4.69) is 0 Å². The minimum absolute atomic E-state index is 0.191. The third-order valence-corrected chi connectivity index (χ3v) is 6.40. The van der Waals surface area contributed by atoms with Crippen molar-refractivity contribution in [1.29, 1.82) is 0 Å². The van der Waals surface area contributed by atoms with Gasteiger partial charge in [0, 0.05) is 21.9 Å². The Kier molecular flexibility index (Phi) is 8.18. The van der Waals surface area contributed by atoms with Crippen LogP contribution in [0.15, 0.2) is 34.1 Å². The van der Waals surface area contributed by atoms with Crippen molar-refractivity contribution in [2.24, 2.45) is 0 Å². The van der Waals surface area contributed by atoms with Crippen molar-refractivity contribution in [3.05, 3.63) is 35.4 Å². The highest BCUT2D eigenvalue weighted by Crippen LogP contribution is 2.47. The smallest absolute Gasteiger partial charge is 0.257 e. The van der Waals surface area contributed by atoms with Gasteiger partial charge in [0.25, 0.3) is 10.5 Å². The van der Waals surface area contributed by atoms with Crippen LogP contribution < -0.4 is 18.9 Å². The topological polar surface area (TPSA) is 71.1 Å². The second kappa shape index (κ2) is 10.2. The van der Waals surface area contributed by atoms with Crippen molar-refractivity contribution >= 4 is 55.3 Å². The molecule has 0 saturated heterocycles. The van der Waals surface area contributed by atoms with Gasteiger partial charge in [-0.25, -0.2) is 0 Å². The Bertz CT molecular complexity index is 831.